The first-order valence-corrected chi connectivity index (χ1v) is 5.84. The fraction of sp³-hybridized carbons (Fsp3) is 0.385. The summed E-state index contributed by atoms with van der Waals surface area (Å²) in [7, 11) is 0. The fourth-order valence-electron chi connectivity index (χ4n) is 2.58. The quantitative estimate of drug-likeness (QED) is 0.743. The lowest BCUT2D eigenvalue weighted by Crippen LogP contribution is -2.37. The SMILES string of the molecule is O=C1O[C@@]2(c3ccccc3)CCCCN1C2=O. The number of rotatable bonds is 1. The summed E-state index contributed by atoms with van der Waals surface area (Å²) in [6.07, 6.45) is 1.83. The van der Waals surface area contributed by atoms with Crippen LogP contribution in [0.25, 0.3) is 0 Å². The fourth-order valence-corrected chi connectivity index (χ4v) is 2.58. The van der Waals surface area contributed by atoms with Crippen LogP contribution in [0, 0.1) is 0 Å². The maximum absolute atomic E-state index is 12.3. The number of benzene rings is 1. The summed E-state index contributed by atoms with van der Waals surface area (Å²) in [6.45, 7) is 0.478. The molecule has 0 spiro atoms. The largest absolute Gasteiger partial charge is 0.427 e. The van der Waals surface area contributed by atoms with Crippen molar-refractivity contribution in [2.24, 2.45) is 0 Å². The Balaban J connectivity index is 2.11. The van der Waals surface area contributed by atoms with E-state index in [4.69, 9.17) is 4.74 Å². The summed E-state index contributed by atoms with van der Waals surface area (Å²) < 4.78 is 5.39. The highest BCUT2D eigenvalue weighted by molar-refractivity contribution is 6.03. The molecule has 2 heterocycles. The van der Waals surface area contributed by atoms with E-state index in [2.05, 4.69) is 0 Å². The summed E-state index contributed by atoms with van der Waals surface area (Å²) in [5.74, 6) is -0.203. The van der Waals surface area contributed by atoms with E-state index in [1.165, 1.54) is 4.90 Å². The molecular formula is C13H13NO3. The molecule has 2 bridgehead atoms. The lowest BCUT2D eigenvalue weighted by atomic mass is 9.89. The monoisotopic (exact) mass is 231 g/mol. The molecule has 2 aliphatic rings. The van der Waals surface area contributed by atoms with E-state index in [-0.39, 0.29) is 5.91 Å². The summed E-state index contributed by atoms with van der Waals surface area (Å²) in [4.78, 5) is 25.2. The number of amides is 2. The average Bonchev–Trinajstić information content (AvgIpc) is 2.48. The summed E-state index contributed by atoms with van der Waals surface area (Å²) in [5.41, 5.74) is -0.280. The molecule has 0 N–H and O–H groups in total. The van der Waals surface area contributed by atoms with Crippen molar-refractivity contribution in [1.82, 2.24) is 4.90 Å². The van der Waals surface area contributed by atoms with Crippen molar-refractivity contribution in [2.75, 3.05) is 6.54 Å². The minimum atomic E-state index is -1.06. The number of hydrogen-bond donors (Lipinski definition) is 0. The Labute approximate surface area is 99.2 Å². The lowest BCUT2D eigenvalue weighted by molar-refractivity contribution is -0.137. The van der Waals surface area contributed by atoms with Gasteiger partial charge < -0.3 is 4.74 Å². The smallest absolute Gasteiger partial charge is 0.418 e. The van der Waals surface area contributed by atoms with Crippen LogP contribution >= 0.6 is 0 Å². The first-order valence-electron chi connectivity index (χ1n) is 5.84. The highest BCUT2D eigenvalue weighted by atomic mass is 16.6. The van der Waals surface area contributed by atoms with Gasteiger partial charge in [-0.3, -0.25) is 4.79 Å². The van der Waals surface area contributed by atoms with Crippen LogP contribution in [-0.4, -0.2) is 23.4 Å². The van der Waals surface area contributed by atoms with Gasteiger partial charge in [-0.2, -0.15) is 0 Å². The van der Waals surface area contributed by atoms with Crippen molar-refractivity contribution in [1.29, 1.82) is 0 Å². The minimum absolute atomic E-state index is 0.203. The van der Waals surface area contributed by atoms with Gasteiger partial charge in [0, 0.05) is 18.5 Å². The number of fused-ring (bicyclic) bond motifs is 2. The first kappa shape index (κ1) is 10.3. The molecule has 0 aromatic heterocycles. The van der Waals surface area contributed by atoms with Crippen molar-refractivity contribution in [3.8, 4) is 0 Å². The van der Waals surface area contributed by atoms with E-state index in [1.54, 1.807) is 0 Å². The maximum atomic E-state index is 12.3. The molecule has 2 aliphatic heterocycles. The standard InChI is InChI=1S/C13H13NO3/c15-11-13(10-6-2-1-3-7-10)8-4-5-9-14(11)12(16)17-13/h1-3,6-7H,4-5,8-9H2/t13-/m1/s1. The van der Waals surface area contributed by atoms with E-state index >= 15 is 0 Å². The summed E-state index contributed by atoms with van der Waals surface area (Å²) >= 11 is 0. The Kier molecular flexibility index (Phi) is 2.18. The molecule has 0 saturated carbocycles. The van der Waals surface area contributed by atoms with Gasteiger partial charge in [0.15, 0.2) is 0 Å². The first-order chi connectivity index (χ1) is 8.24. The van der Waals surface area contributed by atoms with Gasteiger partial charge in [-0.15, -0.1) is 0 Å². The van der Waals surface area contributed by atoms with Crippen molar-refractivity contribution in [2.45, 2.75) is 24.9 Å². The molecule has 1 atom stereocenters. The summed E-state index contributed by atoms with van der Waals surface area (Å²) in [5, 5.41) is 0. The third-order valence-corrected chi connectivity index (χ3v) is 3.47. The number of carbonyl (C=O) groups excluding carboxylic acids is 2. The zero-order valence-electron chi connectivity index (χ0n) is 9.39. The van der Waals surface area contributed by atoms with Crippen LogP contribution in [0.3, 0.4) is 0 Å². The van der Waals surface area contributed by atoms with Crippen LogP contribution in [0.5, 0.6) is 0 Å². The van der Waals surface area contributed by atoms with Crippen molar-refractivity contribution in [3.63, 3.8) is 0 Å². The van der Waals surface area contributed by atoms with Crippen LogP contribution in [0.2, 0.25) is 0 Å². The molecule has 88 valence electrons. The zero-order chi connectivity index (χ0) is 11.9. The van der Waals surface area contributed by atoms with Gasteiger partial charge in [-0.1, -0.05) is 30.3 Å². The number of ether oxygens (including phenoxy) is 1. The number of nitrogens with zero attached hydrogens (tertiary/aromatic N) is 1. The van der Waals surface area contributed by atoms with E-state index in [1.807, 2.05) is 30.3 Å². The van der Waals surface area contributed by atoms with Crippen LogP contribution in [-0.2, 0) is 15.1 Å². The van der Waals surface area contributed by atoms with Crippen LogP contribution < -0.4 is 0 Å². The highest BCUT2D eigenvalue weighted by Crippen LogP contribution is 2.41. The number of hydrogen-bond acceptors (Lipinski definition) is 3. The second-order valence-corrected chi connectivity index (χ2v) is 4.47. The van der Waals surface area contributed by atoms with E-state index in [9.17, 15) is 9.59 Å². The average molecular weight is 231 g/mol. The van der Waals surface area contributed by atoms with Gasteiger partial charge in [0.05, 0.1) is 0 Å². The van der Waals surface area contributed by atoms with Gasteiger partial charge in [-0.25, -0.2) is 9.69 Å². The Morgan fingerprint density at radius 2 is 1.88 bits per heavy atom. The Bertz CT molecular complexity index is 471. The molecule has 1 aromatic rings. The van der Waals surface area contributed by atoms with Crippen molar-refractivity contribution in [3.05, 3.63) is 35.9 Å². The van der Waals surface area contributed by atoms with Gasteiger partial charge in [0.2, 0.25) is 5.60 Å². The normalized spacial score (nSPS) is 27.9. The molecule has 0 radical (unpaired) electrons. The Morgan fingerprint density at radius 1 is 1.12 bits per heavy atom. The van der Waals surface area contributed by atoms with Crippen LogP contribution in [0.1, 0.15) is 24.8 Å². The predicted octanol–water partition coefficient (Wildman–Crippen LogP) is 2.04. The molecule has 4 nitrogen and oxygen atoms in total. The third kappa shape index (κ3) is 1.37. The number of imide groups is 1. The molecule has 0 aliphatic carbocycles. The molecule has 4 heteroatoms. The van der Waals surface area contributed by atoms with Crippen LogP contribution in [0.15, 0.2) is 30.3 Å². The molecule has 2 saturated heterocycles. The van der Waals surface area contributed by atoms with Crippen molar-refractivity contribution >= 4 is 12.0 Å². The van der Waals surface area contributed by atoms with E-state index < -0.39 is 11.7 Å². The molecule has 17 heavy (non-hydrogen) atoms. The van der Waals surface area contributed by atoms with Gasteiger partial charge in [0.25, 0.3) is 5.91 Å². The van der Waals surface area contributed by atoms with Gasteiger partial charge in [0.1, 0.15) is 0 Å². The zero-order valence-corrected chi connectivity index (χ0v) is 9.39. The molecular weight excluding hydrogens is 218 g/mol. The lowest BCUT2D eigenvalue weighted by Gasteiger charge is -2.24. The second-order valence-electron chi connectivity index (χ2n) is 4.47. The van der Waals surface area contributed by atoms with E-state index in [0.717, 1.165) is 18.4 Å². The predicted molar refractivity (Wildman–Crippen MR) is 60.2 cm³/mol. The van der Waals surface area contributed by atoms with Gasteiger partial charge >= 0.3 is 6.09 Å². The summed E-state index contributed by atoms with van der Waals surface area (Å²) in [6, 6.07) is 9.30. The molecule has 3 rings (SSSR count). The maximum Gasteiger partial charge on any atom is 0.418 e. The van der Waals surface area contributed by atoms with Gasteiger partial charge in [-0.05, 0) is 12.8 Å². The Hall–Kier alpha value is -1.84. The second kappa shape index (κ2) is 3.58. The Morgan fingerprint density at radius 3 is 2.65 bits per heavy atom. The topological polar surface area (TPSA) is 46.6 Å². The molecule has 1 aromatic carbocycles. The molecule has 2 fully saturated rings. The highest BCUT2D eigenvalue weighted by Gasteiger charge is 2.55. The number of carbonyl (C=O) groups is 2. The molecule has 2 amide bonds. The van der Waals surface area contributed by atoms with Crippen molar-refractivity contribution < 1.29 is 14.3 Å². The minimum Gasteiger partial charge on any atom is -0.427 e. The third-order valence-electron chi connectivity index (χ3n) is 3.47. The van der Waals surface area contributed by atoms with E-state index in [0.29, 0.717) is 13.0 Å². The molecule has 0 unspecified atom stereocenters. The van der Waals surface area contributed by atoms with Crippen LogP contribution in [0.4, 0.5) is 4.79 Å².